The van der Waals surface area contributed by atoms with Crippen LogP contribution in [0.1, 0.15) is 49.3 Å². The van der Waals surface area contributed by atoms with Crippen molar-refractivity contribution in [2.24, 2.45) is 5.73 Å². The van der Waals surface area contributed by atoms with E-state index in [-0.39, 0.29) is 5.75 Å². The summed E-state index contributed by atoms with van der Waals surface area (Å²) in [6.45, 7) is 0.383. The fourth-order valence-corrected chi connectivity index (χ4v) is 2.29. The Hall–Kier alpha value is -1.09. The Morgan fingerprint density at radius 3 is 2.73 bits per heavy atom. The summed E-state index contributed by atoms with van der Waals surface area (Å²) in [4.78, 5) is 4.30. The predicted octanol–water partition coefficient (Wildman–Crippen LogP) is 2.29. The minimum absolute atomic E-state index is 0.219. The number of aromatic hydroxyl groups is 1. The average molecular weight is 206 g/mol. The van der Waals surface area contributed by atoms with Gasteiger partial charge < -0.3 is 10.8 Å². The van der Waals surface area contributed by atoms with E-state index in [0.717, 1.165) is 11.3 Å². The lowest BCUT2D eigenvalue weighted by atomic mass is 9.86. The molecule has 0 atom stereocenters. The molecule has 0 unspecified atom stereocenters. The van der Waals surface area contributed by atoms with E-state index in [1.807, 2.05) is 6.07 Å². The summed E-state index contributed by atoms with van der Waals surface area (Å²) >= 11 is 0. The standard InChI is InChI=1S/C12H18N2O/c13-7-10-6-11(14-8-12(10)15)9-4-2-1-3-5-9/h6,8-9,15H,1-5,7,13H2. The van der Waals surface area contributed by atoms with Crippen molar-refractivity contribution in [2.75, 3.05) is 0 Å². The number of nitrogens with two attached hydrogens (primary N) is 1. The first-order valence-corrected chi connectivity index (χ1v) is 5.69. The Bertz CT molecular complexity index is 332. The maximum Gasteiger partial charge on any atom is 0.138 e. The van der Waals surface area contributed by atoms with Crippen molar-refractivity contribution in [1.29, 1.82) is 0 Å². The van der Waals surface area contributed by atoms with Gasteiger partial charge in [0.1, 0.15) is 5.75 Å². The maximum absolute atomic E-state index is 9.49. The number of nitrogens with zero attached hydrogens (tertiary/aromatic N) is 1. The molecule has 3 N–H and O–H groups in total. The van der Waals surface area contributed by atoms with Crippen molar-refractivity contribution in [1.82, 2.24) is 4.98 Å². The average Bonchev–Trinajstić information content (AvgIpc) is 2.31. The molecule has 15 heavy (non-hydrogen) atoms. The van der Waals surface area contributed by atoms with Crippen molar-refractivity contribution in [3.8, 4) is 5.75 Å². The Morgan fingerprint density at radius 1 is 1.33 bits per heavy atom. The molecule has 0 bridgehead atoms. The first-order chi connectivity index (χ1) is 7.31. The van der Waals surface area contributed by atoms with E-state index in [4.69, 9.17) is 5.73 Å². The van der Waals surface area contributed by atoms with E-state index in [1.54, 1.807) is 0 Å². The molecule has 0 aromatic carbocycles. The van der Waals surface area contributed by atoms with Crippen LogP contribution < -0.4 is 5.73 Å². The molecule has 82 valence electrons. The van der Waals surface area contributed by atoms with Gasteiger partial charge in [0, 0.05) is 23.7 Å². The van der Waals surface area contributed by atoms with Crippen LogP contribution in [0.3, 0.4) is 0 Å². The molecular formula is C12H18N2O. The van der Waals surface area contributed by atoms with Gasteiger partial charge in [-0.3, -0.25) is 4.98 Å². The third-order valence-corrected chi connectivity index (χ3v) is 3.23. The Morgan fingerprint density at radius 2 is 2.07 bits per heavy atom. The topological polar surface area (TPSA) is 59.1 Å². The van der Waals surface area contributed by atoms with Gasteiger partial charge in [-0.15, -0.1) is 0 Å². The quantitative estimate of drug-likeness (QED) is 0.780. The second kappa shape index (κ2) is 4.62. The van der Waals surface area contributed by atoms with Crippen LogP contribution in [-0.2, 0) is 6.54 Å². The smallest absolute Gasteiger partial charge is 0.138 e. The van der Waals surface area contributed by atoms with Crippen LogP contribution in [0.25, 0.3) is 0 Å². The number of hydrogen-bond acceptors (Lipinski definition) is 3. The molecular weight excluding hydrogens is 188 g/mol. The van der Waals surface area contributed by atoms with Gasteiger partial charge in [-0.1, -0.05) is 19.3 Å². The SMILES string of the molecule is NCc1cc(C2CCCCC2)ncc1O. The van der Waals surface area contributed by atoms with Crippen LogP contribution in [-0.4, -0.2) is 10.1 Å². The highest BCUT2D eigenvalue weighted by Gasteiger charge is 2.17. The number of pyridine rings is 1. The summed E-state index contributed by atoms with van der Waals surface area (Å²) in [6.07, 6.45) is 7.92. The van der Waals surface area contributed by atoms with Crippen LogP contribution >= 0.6 is 0 Å². The fourth-order valence-electron chi connectivity index (χ4n) is 2.29. The zero-order chi connectivity index (χ0) is 10.7. The molecule has 0 amide bonds. The van der Waals surface area contributed by atoms with Gasteiger partial charge in [0.25, 0.3) is 0 Å². The van der Waals surface area contributed by atoms with Gasteiger partial charge in [0.15, 0.2) is 0 Å². The third-order valence-electron chi connectivity index (χ3n) is 3.23. The lowest BCUT2D eigenvalue weighted by Crippen LogP contribution is -2.08. The highest BCUT2D eigenvalue weighted by Crippen LogP contribution is 2.32. The van der Waals surface area contributed by atoms with Crippen molar-refractivity contribution in [2.45, 2.75) is 44.6 Å². The van der Waals surface area contributed by atoms with E-state index in [1.165, 1.54) is 38.3 Å². The van der Waals surface area contributed by atoms with E-state index in [0.29, 0.717) is 12.5 Å². The molecule has 1 fully saturated rings. The molecule has 1 aromatic heterocycles. The Labute approximate surface area is 90.3 Å². The monoisotopic (exact) mass is 206 g/mol. The first kappa shape index (κ1) is 10.4. The highest BCUT2D eigenvalue weighted by molar-refractivity contribution is 5.32. The van der Waals surface area contributed by atoms with Crippen molar-refractivity contribution >= 4 is 0 Å². The maximum atomic E-state index is 9.49. The summed E-state index contributed by atoms with van der Waals surface area (Å²) in [5, 5.41) is 9.49. The van der Waals surface area contributed by atoms with Crippen LogP contribution in [0.5, 0.6) is 5.75 Å². The van der Waals surface area contributed by atoms with Gasteiger partial charge in [0.2, 0.25) is 0 Å². The molecule has 1 aliphatic rings. The lowest BCUT2D eigenvalue weighted by Gasteiger charge is -2.21. The number of aromatic nitrogens is 1. The predicted molar refractivity (Wildman–Crippen MR) is 59.6 cm³/mol. The Kier molecular flexibility index (Phi) is 3.21. The van der Waals surface area contributed by atoms with E-state index >= 15 is 0 Å². The van der Waals surface area contributed by atoms with Gasteiger partial charge in [-0.25, -0.2) is 0 Å². The van der Waals surface area contributed by atoms with E-state index < -0.39 is 0 Å². The first-order valence-electron chi connectivity index (χ1n) is 5.69. The van der Waals surface area contributed by atoms with Gasteiger partial charge in [-0.05, 0) is 18.9 Å². The molecule has 0 radical (unpaired) electrons. The van der Waals surface area contributed by atoms with Crippen LogP contribution in [0.15, 0.2) is 12.3 Å². The number of rotatable bonds is 2. The molecule has 1 heterocycles. The molecule has 1 aliphatic carbocycles. The van der Waals surface area contributed by atoms with Crippen molar-refractivity contribution in [3.05, 3.63) is 23.5 Å². The van der Waals surface area contributed by atoms with Crippen LogP contribution in [0, 0.1) is 0 Å². The highest BCUT2D eigenvalue weighted by atomic mass is 16.3. The molecule has 0 saturated heterocycles. The zero-order valence-electron chi connectivity index (χ0n) is 8.95. The molecule has 1 aromatic rings. The summed E-state index contributed by atoms with van der Waals surface area (Å²) in [7, 11) is 0. The molecule has 3 heteroatoms. The zero-order valence-corrected chi connectivity index (χ0v) is 8.95. The molecule has 2 rings (SSSR count). The van der Waals surface area contributed by atoms with Gasteiger partial charge >= 0.3 is 0 Å². The normalized spacial score (nSPS) is 17.9. The van der Waals surface area contributed by atoms with E-state index in [9.17, 15) is 5.11 Å². The second-order valence-corrected chi connectivity index (χ2v) is 4.28. The summed E-state index contributed by atoms with van der Waals surface area (Å²) in [5.41, 5.74) is 7.48. The van der Waals surface area contributed by atoms with Crippen LogP contribution in [0.4, 0.5) is 0 Å². The van der Waals surface area contributed by atoms with Crippen molar-refractivity contribution < 1.29 is 5.11 Å². The number of hydrogen-bond donors (Lipinski definition) is 2. The minimum atomic E-state index is 0.219. The molecule has 0 aliphatic heterocycles. The molecule has 1 saturated carbocycles. The summed E-state index contributed by atoms with van der Waals surface area (Å²) < 4.78 is 0. The molecule has 0 spiro atoms. The summed E-state index contributed by atoms with van der Waals surface area (Å²) in [6, 6.07) is 1.96. The largest absolute Gasteiger partial charge is 0.506 e. The fraction of sp³-hybridized carbons (Fsp3) is 0.583. The van der Waals surface area contributed by atoms with Gasteiger partial charge in [0.05, 0.1) is 6.20 Å². The minimum Gasteiger partial charge on any atom is -0.506 e. The second-order valence-electron chi connectivity index (χ2n) is 4.28. The van der Waals surface area contributed by atoms with E-state index in [2.05, 4.69) is 4.98 Å². The van der Waals surface area contributed by atoms with Gasteiger partial charge in [-0.2, -0.15) is 0 Å². The van der Waals surface area contributed by atoms with Crippen molar-refractivity contribution in [3.63, 3.8) is 0 Å². The van der Waals surface area contributed by atoms with Crippen LogP contribution in [0.2, 0.25) is 0 Å². The lowest BCUT2D eigenvalue weighted by molar-refractivity contribution is 0.431. The molecule has 3 nitrogen and oxygen atoms in total. The summed E-state index contributed by atoms with van der Waals surface area (Å²) in [5.74, 6) is 0.793. The third kappa shape index (κ3) is 2.29. The Balaban J connectivity index is 2.20.